The molecule has 0 spiro atoms. The van der Waals surface area contributed by atoms with Gasteiger partial charge in [0.25, 0.3) is 0 Å². The summed E-state index contributed by atoms with van der Waals surface area (Å²) in [5.74, 6) is -0.379. The molecule has 1 fully saturated rings. The molecule has 0 amide bonds. The Labute approximate surface area is 161 Å². The van der Waals surface area contributed by atoms with Gasteiger partial charge in [-0.25, -0.2) is 8.78 Å². The normalized spacial score (nSPS) is 18.0. The first-order valence-electron chi connectivity index (χ1n) is 9.76. The van der Waals surface area contributed by atoms with Crippen molar-refractivity contribution in [1.29, 1.82) is 0 Å². The number of guanidine groups is 1. The summed E-state index contributed by atoms with van der Waals surface area (Å²) in [4.78, 5) is 8.58. The number of hydrogen-bond acceptors (Lipinski definition) is 3. The molecule has 1 atom stereocenters. The molecule has 152 valence electrons. The van der Waals surface area contributed by atoms with E-state index < -0.39 is 17.7 Å². The van der Waals surface area contributed by atoms with Crippen LogP contribution in [0.2, 0.25) is 0 Å². The Morgan fingerprint density at radius 3 is 2.41 bits per heavy atom. The highest BCUT2D eigenvalue weighted by Crippen LogP contribution is 2.23. The first-order valence-corrected chi connectivity index (χ1v) is 9.76. The number of benzene rings is 1. The summed E-state index contributed by atoms with van der Waals surface area (Å²) < 4.78 is 28.4. The van der Waals surface area contributed by atoms with Gasteiger partial charge in [0.1, 0.15) is 11.6 Å². The fourth-order valence-electron chi connectivity index (χ4n) is 3.57. The lowest BCUT2D eigenvalue weighted by atomic mass is 10.0. The molecule has 2 N–H and O–H groups in total. The van der Waals surface area contributed by atoms with Crippen molar-refractivity contribution < 1.29 is 8.78 Å². The van der Waals surface area contributed by atoms with Crippen LogP contribution in [0.25, 0.3) is 0 Å². The predicted molar refractivity (Wildman–Crippen MR) is 107 cm³/mol. The average molecular weight is 382 g/mol. The summed E-state index contributed by atoms with van der Waals surface area (Å²) in [5.41, 5.74) is 0.0818. The Kier molecular flexibility index (Phi) is 8.44. The molecule has 1 aromatic carbocycles. The van der Waals surface area contributed by atoms with Crippen LogP contribution < -0.4 is 10.6 Å². The maximum absolute atomic E-state index is 14.2. The molecule has 0 aromatic heterocycles. The van der Waals surface area contributed by atoms with Crippen molar-refractivity contribution >= 4 is 5.96 Å². The van der Waals surface area contributed by atoms with E-state index in [9.17, 15) is 8.78 Å². The highest BCUT2D eigenvalue weighted by molar-refractivity contribution is 5.80. The fraction of sp³-hybridized carbons (Fsp3) is 0.650. The van der Waals surface area contributed by atoms with E-state index >= 15 is 0 Å². The van der Waals surface area contributed by atoms with E-state index in [2.05, 4.69) is 27.4 Å². The SMILES string of the molecule is CCCN1CCC(NC(=NC)NCC(c2c(F)cccc2F)N(C)C)CC1. The lowest BCUT2D eigenvalue weighted by Crippen LogP contribution is -2.50. The smallest absolute Gasteiger partial charge is 0.191 e. The van der Waals surface area contributed by atoms with Gasteiger partial charge in [0, 0.05) is 38.3 Å². The fourth-order valence-corrected chi connectivity index (χ4v) is 3.57. The van der Waals surface area contributed by atoms with Crippen LogP contribution in [0.4, 0.5) is 8.78 Å². The highest BCUT2D eigenvalue weighted by Gasteiger charge is 2.23. The zero-order valence-electron chi connectivity index (χ0n) is 16.9. The molecule has 1 aliphatic heterocycles. The molecule has 5 nitrogen and oxygen atoms in total. The average Bonchev–Trinajstić information content (AvgIpc) is 2.64. The van der Waals surface area contributed by atoms with Gasteiger partial charge in [-0.15, -0.1) is 0 Å². The topological polar surface area (TPSA) is 42.9 Å². The van der Waals surface area contributed by atoms with Crippen molar-refractivity contribution in [1.82, 2.24) is 20.4 Å². The molecular weight excluding hydrogens is 348 g/mol. The van der Waals surface area contributed by atoms with Gasteiger partial charge in [0.15, 0.2) is 5.96 Å². The monoisotopic (exact) mass is 381 g/mol. The van der Waals surface area contributed by atoms with Crippen molar-refractivity contribution in [2.75, 3.05) is 47.3 Å². The third-order valence-corrected chi connectivity index (χ3v) is 5.11. The van der Waals surface area contributed by atoms with Crippen molar-refractivity contribution in [3.8, 4) is 0 Å². The Bertz CT molecular complexity index is 592. The Hall–Kier alpha value is -1.73. The third-order valence-electron chi connectivity index (χ3n) is 5.11. The van der Waals surface area contributed by atoms with Crippen molar-refractivity contribution in [3.05, 3.63) is 35.4 Å². The molecule has 0 aliphatic carbocycles. The maximum atomic E-state index is 14.2. The summed E-state index contributed by atoms with van der Waals surface area (Å²) in [6, 6.07) is 3.92. The van der Waals surface area contributed by atoms with Crippen LogP contribution >= 0.6 is 0 Å². The molecule has 1 unspecified atom stereocenters. The van der Waals surface area contributed by atoms with E-state index in [1.807, 2.05) is 19.0 Å². The number of nitrogens with one attached hydrogen (secondary N) is 2. The Morgan fingerprint density at radius 2 is 1.89 bits per heavy atom. The van der Waals surface area contributed by atoms with E-state index in [0.29, 0.717) is 18.5 Å². The van der Waals surface area contributed by atoms with Gasteiger partial charge < -0.3 is 20.4 Å². The van der Waals surface area contributed by atoms with Crippen molar-refractivity contribution in [3.63, 3.8) is 0 Å². The lowest BCUT2D eigenvalue weighted by molar-refractivity contribution is 0.206. The van der Waals surface area contributed by atoms with Gasteiger partial charge in [-0.2, -0.15) is 0 Å². The standard InChI is InChI=1S/C20H33F2N5/c1-5-11-27-12-9-15(10-13-27)25-20(23-2)24-14-18(26(3)4)19-16(21)7-6-8-17(19)22/h6-8,15,18H,5,9-14H2,1-4H3,(H2,23,24,25). The molecule has 0 saturated carbocycles. The minimum atomic E-state index is -0.526. The number of likely N-dealkylation sites (tertiary alicyclic amines) is 1. The van der Waals surface area contributed by atoms with Gasteiger partial charge in [-0.05, 0) is 52.0 Å². The van der Waals surface area contributed by atoms with E-state index in [1.54, 1.807) is 7.05 Å². The van der Waals surface area contributed by atoms with Gasteiger partial charge in [-0.1, -0.05) is 13.0 Å². The molecule has 1 aromatic rings. The van der Waals surface area contributed by atoms with Crippen molar-refractivity contribution in [2.45, 2.75) is 38.3 Å². The van der Waals surface area contributed by atoms with E-state index in [-0.39, 0.29) is 5.56 Å². The second-order valence-electron chi connectivity index (χ2n) is 7.33. The van der Waals surface area contributed by atoms with Crippen LogP contribution in [0, 0.1) is 11.6 Å². The molecule has 0 bridgehead atoms. The number of hydrogen-bond donors (Lipinski definition) is 2. The first kappa shape index (κ1) is 21.6. The number of likely N-dealkylation sites (N-methyl/N-ethyl adjacent to an activating group) is 1. The molecule has 1 aliphatic rings. The van der Waals surface area contributed by atoms with Crippen LogP contribution in [-0.4, -0.2) is 69.1 Å². The van der Waals surface area contributed by atoms with Gasteiger partial charge in [0.05, 0.1) is 6.04 Å². The maximum Gasteiger partial charge on any atom is 0.191 e. The summed E-state index contributed by atoms with van der Waals surface area (Å²) in [7, 11) is 5.35. The van der Waals surface area contributed by atoms with Crippen LogP contribution in [0.15, 0.2) is 23.2 Å². The first-order chi connectivity index (χ1) is 13.0. The summed E-state index contributed by atoms with van der Waals surface area (Å²) in [5, 5.41) is 6.69. The van der Waals surface area contributed by atoms with Gasteiger partial charge >= 0.3 is 0 Å². The van der Waals surface area contributed by atoms with Crippen molar-refractivity contribution in [2.24, 2.45) is 4.99 Å². The Morgan fingerprint density at radius 1 is 1.26 bits per heavy atom. The highest BCUT2D eigenvalue weighted by atomic mass is 19.1. The zero-order valence-corrected chi connectivity index (χ0v) is 16.9. The molecule has 7 heteroatoms. The number of halogens is 2. The van der Waals surface area contributed by atoms with Crippen LogP contribution in [0.1, 0.15) is 37.8 Å². The third kappa shape index (κ3) is 6.14. The van der Waals surface area contributed by atoms with Crippen LogP contribution in [0.5, 0.6) is 0 Å². The molecule has 0 radical (unpaired) electrons. The minimum absolute atomic E-state index is 0.0818. The van der Waals surface area contributed by atoms with Crippen LogP contribution in [0.3, 0.4) is 0 Å². The number of aliphatic imine (C=N–C) groups is 1. The lowest BCUT2D eigenvalue weighted by Gasteiger charge is -2.33. The molecule has 1 heterocycles. The van der Waals surface area contributed by atoms with E-state index in [0.717, 1.165) is 32.5 Å². The quantitative estimate of drug-likeness (QED) is 0.563. The molecular formula is C20H33F2N5. The second kappa shape index (κ2) is 10.6. The largest absolute Gasteiger partial charge is 0.354 e. The van der Waals surface area contributed by atoms with Gasteiger partial charge in [-0.3, -0.25) is 4.99 Å². The second-order valence-corrected chi connectivity index (χ2v) is 7.33. The summed E-state index contributed by atoms with van der Waals surface area (Å²) in [6.07, 6.45) is 3.32. The number of rotatable bonds is 7. The number of nitrogens with zero attached hydrogens (tertiary/aromatic N) is 3. The molecule has 27 heavy (non-hydrogen) atoms. The summed E-state index contributed by atoms with van der Waals surface area (Å²) >= 11 is 0. The predicted octanol–water partition coefficient (Wildman–Crippen LogP) is 2.61. The van der Waals surface area contributed by atoms with E-state index in [4.69, 9.17) is 0 Å². The molecule has 1 saturated heterocycles. The zero-order chi connectivity index (χ0) is 19.8. The minimum Gasteiger partial charge on any atom is -0.354 e. The van der Waals surface area contributed by atoms with Crippen LogP contribution in [-0.2, 0) is 0 Å². The Balaban J connectivity index is 1.94. The summed E-state index contributed by atoms with van der Waals surface area (Å²) in [6.45, 7) is 5.89. The molecule has 2 rings (SSSR count). The van der Waals surface area contributed by atoms with E-state index in [1.165, 1.54) is 24.6 Å². The number of piperidine rings is 1. The van der Waals surface area contributed by atoms with Gasteiger partial charge in [0.2, 0.25) is 0 Å².